The zero-order chi connectivity index (χ0) is 17.2. The fourth-order valence-corrected chi connectivity index (χ4v) is 4.46. The summed E-state index contributed by atoms with van der Waals surface area (Å²) in [4.78, 5) is 16.4. The highest BCUT2D eigenvalue weighted by molar-refractivity contribution is 5.74. The van der Waals surface area contributed by atoms with E-state index in [1.807, 2.05) is 24.3 Å². The fraction of sp³-hybridized carbons (Fsp3) is 0.500. The Bertz CT molecular complexity index is 733. The molecule has 0 radical (unpaired) electrons. The Morgan fingerprint density at radius 2 is 2.20 bits per heavy atom. The largest absolute Gasteiger partial charge is 0.396 e. The summed E-state index contributed by atoms with van der Waals surface area (Å²) < 4.78 is 0. The number of rotatable bonds is 5. The minimum absolute atomic E-state index is 0.101. The molecule has 4 atom stereocenters. The summed E-state index contributed by atoms with van der Waals surface area (Å²) in [5, 5.41) is 22.3. The van der Waals surface area contributed by atoms with Gasteiger partial charge in [0.25, 0.3) is 0 Å². The molecule has 2 aromatic rings. The molecule has 0 aliphatic heterocycles. The topological polar surface area (TPSA) is 103 Å². The number of urea groups is 1. The Kier molecular flexibility index (Phi) is 4.40. The maximum absolute atomic E-state index is 12.3. The number of aliphatic hydroxyl groups is 1. The number of hydrogen-bond donors (Lipinski definition) is 4. The summed E-state index contributed by atoms with van der Waals surface area (Å²) in [6.45, 7) is 0.601. The Morgan fingerprint density at radius 1 is 1.32 bits per heavy atom. The van der Waals surface area contributed by atoms with Crippen molar-refractivity contribution in [3.63, 3.8) is 0 Å². The summed E-state index contributed by atoms with van der Waals surface area (Å²) in [6.07, 6.45) is 4.95. The van der Waals surface area contributed by atoms with Gasteiger partial charge in [-0.15, -0.1) is 0 Å². The van der Waals surface area contributed by atoms with Crippen LogP contribution in [0.15, 0.2) is 30.6 Å². The van der Waals surface area contributed by atoms with Crippen LogP contribution in [0.25, 0.3) is 11.4 Å². The third-order valence-corrected chi connectivity index (χ3v) is 5.67. The number of carbonyl (C=O) groups is 1. The number of nitrogens with one attached hydrogen (secondary N) is 3. The summed E-state index contributed by atoms with van der Waals surface area (Å²) in [5.41, 5.74) is 1.93. The van der Waals surface area contributed by atoms with E-state index in [1.54, 1.807) is 0 Å². The van der Waals surface area contributed by atoms with Crippen molar-refractivity contribution in [3.8, 4) is 11.4 Å². The van der Waals surface area contributed by atoms with E-state index in [0.29, 0.717) is 24.2 Å². The molecule has 1 aromatic carbocycles. The molecular weight excluding hydrogens is 318 g/mol. The van der Waals surface area contributed by atoms with Gasteiger partial charge in [0.05, 0.1) is 0 Å². The van der Waals surface area contributed by atoms with E-state index in [0.717, 1.165) is 24.0 Å². The van der Waals surface area contributed by atoms with Gasteiger partial charge in [-0.1, -0.05) is 18.2 Å². The molecular formula is C18H23N5O2. The third kappa shape index (κ3) is 3.24. The van der Waals surface area contributed by atoms with E-state index in [2.05, 4.69) is 25.8 Å². The summed E-state index contributed by atoms with van der Waals surface area (Å²) in [6, 6.07) is 7.77. The first-order chi connectivity index (χ1) is 12.2. The predicted molar refractivity (Wildman–Crippen MR) is 92.4 cm³/mol. The second-order valence-electron chi connectivity index (χ2n) is 7.07. The van der Waals surface area contributed by atoms with E-state index in [4.69, 9.17) is 0 Å². The van der Waals surface area contributed by atoms with Crippen LogP contribution in [-0.4, -0.2) is 39.0 Å². The SMILES string of the molecule is O=C(NCc1cccc(-c2ncn[nH]2)c1)NC1C2CCC(C2)C1CO. The standard InChI is InChI=1S/C18H23N5O2/c24-9-15-12-4-5-13(7-12)16(15)22-18(25)19-8-11-2-1-3-14(6-11)17-20-10-21-23-17/h1-3,6,10,12-13,15-16,24H,4-5,7-9H2,(H2,19,22,25)(H,20,21,23). The van der Waals surface area contributed by atoms with Gasteiger partial charge in [0, 0.05) is 30.7 Å². The maximum atomic E-state index is 12.3. The van der Waals surface area contributed by atoms with Crippen LogP contribution in [0.3, 0.4) is 0 Å². The molecule has 1 aromatic heterocycles. The Hall–Kier alpha value is -2.41. The van der Waals surface area contributed by atoms with Gasteiger partial charge in [-0.2, -0.15) is 5.10 Å². The second kappa shape index (κ2) is 6.84. The summed E-state index contributed by atoms with van der Waals surface area (Å²) >= 11 is 0. The fourth-order valence-electron chi connectivity index (χ4n) is 4.46. The van der Waals surface area contributed by atoms with Crippen LogP contribution in [-0.2, 0) is 6.54 Å². The number of fused-ring (bicyclic) bond motifs is 2. The third-order valence-electron chi connectivity index (χ3n) is 5.67. The van der Waals surface area contributed by atoms with E-state index in [9.17, 15) is 9.90 Å². The average Bonchev–Trinajstić information content (AvgIpc) is 3.37. The van der Waals surface area contributed by atoms with E-state index in [-0.39, 0.29) is 24.6 Å². The van der Waals surface area contributed by atoms with Crippen LogP contribution in [0.2, 0.25) is 0 Å². The first-order valence-corrected chi connectivity index (χ1v) is 8.84. The molecule has 4 rings (SSSR count). The van der Waals surface area contributed by atoms with Crippen LogP contribution >= 0.6 is 0 Å². The molecule has 2 saturated carbocycles. The van der Waals surface area contributed by atoms with Gasteiger partial charge >= 0.3 is 6.03 Å². The van der Waals surface area contributed by atoms with Gasteiger partial charge in [0.1, 0.15) is 6.33 Å². The number of H-pyrrole nitrogens is 1. The normalized spacial score (nSPS) is 27.4. The zero-order valence-electron chi connectivity index (χ0n) is 14.0. The number of nitrogens with zero attached hydrogens (tertiary/aromatic N) is 2. The highest BCUT2D eigenvalue weighted by Crippen LogP contribution is 2.48. The number of hydrogen-bond acceptors (Lipinski definition) is 4. The van der Waals surface area contributed by atoms with Crippen LogP contribution < -0.4 is 10.6 Å². The molecule has 25 heavy (non-hydrogen) atoms. The van der Waals surface area contributed by atoms with Gasteiger partial charge < -0.3 is 15.7 Å². The molecule has 2 fully saturated rings. The van der Waals surface area contributed by atoms with Crippen molar-refractivity contribution in [2.24, 2.45) is 17.8 Å². The summed E-state index contributed by atoms with van der Waals surface area (Å²) in [7, 11) is 0. The lowest BCUT2D eigenvalue weighted by molar-refractivity contribution is 0.144. The average molecular weight is 341 g/mol. The van der Waals surface area contributed by atoms with E-state index in [1.165, 1.54) is 12.7 Å². The van der Waals surface area contributed by atoms with Crippen molar-refractivity contribution in [2.75, 3.05) is 6.61 Å². The Labute approximate surface area is 146 Å². The van der Waals surface area contributed by atoms with Crippen LogP contribution in [0.4, 0.5) is 4.79 Å². The second-order valence-corrected chi connectivity index (χ2v) is 7.07. The van der Waals surface area contributed by atoms with Gasteiger partial charge in [0.15, 0.2) is 5.82 Å². The van der Waals surface area contributed by atoms with Crippen LogP contribution in [0.1, 0.15) is 24.8 Å². The number of aromatic amines is 1. The molecule has 1 heterocycles. The lowest BCUT2D eigenvalue weighted by Gasteiger charge is -2.30. The van der Waals surface area contributed by atoms with Crippen LogP contribution in [0, 0.1) is 17.8 Å². The molecule has 2 aliphatic carbocycles. The molecule has 0 spiro atoms. The number of aliphatic hydroxyl groups excluding tert-OH is 1. The molecule has 7 nitrogen and oxygen atoms in total. The minimum atomic E-state index is -0.166. The monoisotopic (exact) mass is 341 g/mol. The van der Waals surface area contributed by atoms with Gasteiger partial charge in [0.2, 0.25) is 0 Å². The lowest BCUT2D eigenvalue weighted by Crippen LogP contribution is -2.48. The molecule has 2 amide bonds. The Balaban J connectivity index is 1.34. The number of amides is 2. The number of aromatic nitrogens is 3. The molecule has 4 unspecified atom stereocenters. The quantitative estimate of drug-likeness (QED) is 0.664. The van der Waals surface area contributed by atoms with E-state index < -0.39 is 0 Å². The predicted octanol–water partition coefficient (Wildman–Crippen LogP) is 1.68. The van der Waals surface area contributed by atoms with Crippen molar-refractivity contribution in [3.05, 3.63) is 36.2 Å². The zero-order valence-corrected chi connectivity index (χ0v) is 14.0. The molecule has 2 aliphatic rings. The molecule has 0 saturated heterocycles. The molecule has 2 bridgehead atoms. The van der Waals surface area contributed by atoms with Crippen molar-refractivity contribution >= 4 is 6.03 Å². The molecule has 7 heteroatoms. The van der Waals surface area contributed by atoms with E-state index >= 15 is 0 Å². The number of benzene rings is 1. The highest BCUT2D eigenvalue weighted by atomic mass is 16.3. The van der Waals surface area contributed by atoms with Crippen molar-refractivity contribution < 1.29 is 9.90 Å². The number of carbonyl (C=O) groups excluding carboxylic acids is 1. The first kappa shape index (κ1) is 16.1. The molecule has 4 N–H and O–H groups in total. The minimum Gasteiger partial charge on any atom is -0.396 e. The smallest absolute Gasteiger partial charge is 0.315 e. The lowest BCUT2D eigenvalue weighted by atomic mass is 9.85. The molecule has 132 valence electrons. The maximum Gasteiger partial charge on any atom is 0.315 e. The van der Waals surface area contributed by atoms with Crippen molar-refractivity contribution in [1.82, 2.24) is 25.8 Å². The highest BCUT2D eigenvalue weighted by Gasteiger charge is 2.47. The summed E-state index contributed by atoms with van der Waals surface area (Å²) in [5.74, 6) is 2.00. The van der Waals surface area contributed by atoms with Crippen molar-refractivity contribution in [2.45, 2.75) is 31.8 Å². The van der Waals surface area contributed by atoms with Gasteiger partial charge in [-0.25, -0.2) is 9.78 Å². The van der Waals surface area contributed by atoms with Crippen LogP contribution in [0.5, 0.6) is 0 Å². The van der Waals surface area contributed by atoms with Crippen molar-refractivity contribution in [1.29, 1.82) is 0 Å². The van der Waals surface area contributed by atoms with Gasteiger partial charge in [-0.05, 0) is 42.7 Å². The first-order valence-electron chi connectivity index (χ1n) is 8.84. The van der Waals surface area contributed by atoms with Gasteiger partial charge in [-0.3, -0.25) is 5.10 Å². The Morgan fingerprint density at radius 3 is 3.00 bits per heavy atom.